The van der Waals surface area contributed by atoms with Crippen molar-refractivity contribution < 1.29 is 9.53 Å². The van der Waals surface area contributed by atoms with Crippen LogP contribution in [0.5, 0.6) is 0 Å². The second-order valence-electron chi connectivity index (χ2n) is 3.57. The Labute approximate surface area is 111 Å². The predicted molar refractivity (Wildman–Crippen MR) is 70.4 cm³/mol. The number of methoxy groups -OCH3 is 1. The number of nitriles is 1. The summed E-state index contributed by atoms with van der Waals surface area (Å²) in [5.74, 6) is -0.359. The van der Waals surface area contributed by atoms with Gasteiger partial charge in [-0.25, -0.2) is 4.79 Å². The van der Waals surface area contributed by atoms with Gasteiger partial charge in [-0.15, -0.1) is 0 Å². The smallest absolute Gasteiger partial charge is 0.333 e. The van der Waals surface area contributed by atoms with Gasteiger partial charge in [0.15, 0.2) is 0 Å². The van der Waals surface area contributed by atoms with E-state index in [0.717, 1.165) is 0 Å². The first-order valence-electron chi connectivity index (χ1n) is 5.27. The Kier molecular flexibility index (Phi) is 5.22. The molecule has 0 aromatic heterocycles. The highest BCUT2D eigenvalue weighted by molar-refractivity contribution is 6.33. The first kappa shape index (κ1) is 14.1. The van der Waals surface area contributed by atoms with E-state index in [1.165, 1.54) is 7.11 Å². The maximum absolute atomic E-state index is 11.1. The molecule has 0 radical (unpaired) electrons. The van der Waals surface area contributed by atoms with E-state index in [4.69, 9.17) is 16.9 Å². The number of esters is 1. The quantitative estimate of drug-likeness (QED) is 0.671. The minimum absolute atomic E-state index is 0.359. The van der Waals surface area contributed by atoms with E-state index in [-0.39, 0.29) is 5.97 Å². The van der Waals surface area contributed by atoms with Crippen LogP contribution in [0.4, 0.5) is 5.69 Å². The minimum atomic E-state index is -0.359. The van der Waals surface area contributed by atoms with Crippen LogP contribution in [-0.2, 0) is 9.53 Å². The molecule has 1 aromatic rings. The van der Waals surface area contributed by atoms with Crippen molar-refractivity contribution in [3.05, 3.63) is 40.4 Å². The first-order chi connectivity index (χ1) is 8.58. The largest absolute Gasteiger partial charge is 0.466 e. The number of nitrogens with zero attached hydrogens (tertiary/aromatic N) is 1. The zero-order valence-electron chi connectivity index (χ0n) is 10.2. The number of anilines is 1. The van der Waals surface area contributed by atoms with Crippen molar-refractivity contribution in [1.29, 1.82) is 5.26 Å². The van der Waals surface area contributed by atoms with Crippen LogP contribution in [0.2, 0.25) is 5.02 Å². The number of carbonyl (C=O) groups is 1. The molecule has 0 fully saturated rings. The fourth-order valence-corrected chi connectivity index (χ4v) is 1.53. The molecule has 0 aliphatic carbocycles. The molecule has 0 heterocycles. The topological polar surface area (TPSA) is 62.1 Å². The Morgan fingerprint density at radius 2 is 2.33 bits per heavy atom. The third kappa shape index (κ3) is 3.79. The van der Waals surface area contributed by atoms with Crippen molar-refractivity contribution in [2.75, 3.05) is 19.0 Å². The van der Waals surface area contributed by atoms with Gasteiger partial charge in [0.05, 0.1) is 29.5 Å². The third-order valence-electron chi connectivity index (χ3n) is 2.31. The lowest BCUT2D eigenvalue weighted by Gasteiger charge is -2.06. The molecular formula is C13H13ClN2O2. The Hall–Kier alpha value is -1.99. The van der Waals surface area contributed by atoms with Crippen molar-refractivity contribution in [2.24, 2.45) is 0 Å². The second kappa shape index (κ2) is 6.67. The summed E-state index contributed by atoms with van der Waals surface area (Å²) in [7, 11) is 1.34. The van der Waals surface area contributed by atoms with E-state index in [2.05, 4.69) is 10.1 Å². The molecule has 5 heteroatoms. The van der Waals surface area contributed by atoms with Crippen LogP contribution in [0.3, 0.4) is 0 Å². The Morgan fingerprint density at radius 3 is 2.89 bits per heavy atom. The van der Waals surface area contributed by atoms with Crippen molar-refractivity contribution >= 4 is 23.3 Å². The summed E-state index contributed by atoms with van der Waals surface area (Å²) < 4.78 is 4.57. The van der Waals surface area contributed by atoms with E-state index < -0.39 is 0 Å². The SMILES string of the molecule is COC(=O)/C(C)=C/CNc1ccc(C#N)cc1Cl. The molecule has 0 atom stereocenters. The van der Waals surface area contributed by atoms with E-state index >= 15 is 0 Å². The van der Waals surface area contributed by atoms with Crippen LogP contribution in [0, 0.1) is 11.3 Å². The van der Waals surface area contributed by atoms with E-state index in [1.807, 2.05) is 6.07 Å². The first-order valence-corrected chi connectivity index (χ1v) is 5.65. The van der Waals surface area contributed by atoms with E-state index in [0.29, 0.717) is 28.4 Å². The molecule has 0 aliphatic heterocycles. The van der Waals surface area contributed by atoms with Gasteiger partial charge in [-0.05, 0) is 25.1 Å². The second-order valence-corrected chi connectivity index (χ2v) is 3.97. The molecule has 0 aliphatic rings. The zero-order chi connectivity index (χ0) is 13.5. The van der Waals surface area contributed by atoms with Crippen LogP contribution in [0.15, 0.2) is 29.8 Å². The maximum atomic E-state index is 11.1. The van der Waals surface area contributed by atoms with Crippen LogP contribution < -0.4 is 5.32 Å². The molecule has 94 valence electrons. The summed E-state index contributed by atoms with van der Waals surface area (Å²) in [5, 5.41) is 12.2. The molecule has 1 rings (SSSR count). The van der Waals surface area contributed by atoms with Gasteiger partial charge in [0, 0.05) is 12.1 Å². The maximum Gasteiger partial charge on any atom is 0.333 e. The molecule has 1 aromatic carbocycles. The number of benzene rings is 1. The average Bonchev–Trinajstić information content (AvgIpc) is 2.39. The summed E-state index contributed by atoms with van der Waals surface area (Å²) in [6, 6.07) is 6.99. The van der Waals surface area contributed by atoms with Gasteiger partial charge in [-0.2, -0.15) is 5.26 Å². The number of hydrogen-bond acceptors (Lipinski definition) is 4. The summed E-state index contributed by atoms with van der Waals surface area (Å²) in [6.45, 7) is 2.13. The Balaban J connectivity index is 2.65. The van der Waals surface area contributed by atoms with E-state index in [1.54, 1.807) is 31.2 Å². The number of rotatable bonds is 4. The summed E-state index contributed by atoms with van der Waals surface area (Å²) in [5.41, 5.74) is 1.74. The fraction of sp³-hybridized carbons (Fsp3) is 0.231. The highest BCUT2D eigenvalue weighted by atomic mass is 35.5. The van der Waals surface area contributed by atoms with Gasteiger partial charge in [-0.1, -0.05) is 17.7 Å². The molecule has 0 spiro atoms. The van der Waals surface area contributed by atoms with Gasteiger partial charge < -0.3 is 10.1 Å². The normalized spacial score (nSPS) is 10.7. The van der Waals surface area contributed by atoms with Gasteiger partial charge in [0.25, 0.3) is 0 Å². The number of nitrogens with one attached hydrogen (secondary N) is 1. The number of ether oxygens (including phenoxy) is 1. The molecule has 18 heavy (non-hydrogen) atoms. The van der Waals surface area contributed by atoms with Crippen molar-refractivity contribution in [1.82, 2.24) is 0 Å². The molecule has 0 saturated heterocycles. The van der Waals surface area contributed by atoms with Gasteiger partial charge in [0.2, 0.25) is 0 Å². The number of carbonyl (C=O) groups excluding carboxylic acids is 1. The van der Waals surface area contributed by atoms with Crippen LogP contribution in [0.1, 0.15) is 12.5 Å². The molecule has 1 N–H and O–H groups in total. The lowest BCUT2D eigenvalue weighted by Crippen LogP contribution is -2.05. The summed E-state index contributed by atoms with van der Waals surface area (Å²) >= 11 is 5.99. The molecular weight excluding hydrogens is 252 g/mol. The molecule has 0 bridgehead atoms. The zero-order valence-corrected chi connectivity index (χ0v) is 10.9. The van der Waals surface area contributed by atoms with Crippen LogP contribution >= 0.6 is 11.6 Å². The highest BCUT2D eigenvalue weighted by Crippen LogP contribution is 2.22. The van der Waals surface area contributed by atoms with Crippen molar-refractivity contribution in [2.45, 2.75) is 6.92 Å². The average molecular weight is 265 g/mol. The third-order valence-corrected chi connectivity index (χ3v) is 2.62. The van der Waals surface area contributed by atoms with Crippen molar-refractivity contribution in [3.8, 4) is 6.07 Å². The lowest BCUT2D eigenvalue weighted by atomic mass is 10.2. The Bertz CT molecular complexity index is 518. The predicted octanol–water partition coefficient (Wildman–Crippen LogP) is 2.74. The summed E-state index contributed by atoms with van der Waals surface area (Å²) in [6.07, 6.45) is 1.71. The molecule has 0 saturated carbocycles. The standard InChI is InChI=1S/C13H13ClN2O2/c1-9(13(17)18-2)5-6-16-12-4-3-10(8-15)7-11(12)14/h3-5,7,16H,6H2,1-2H3/b9-5+. The molecule has 0 unspecified atom stereocenters. The molecule has 0 amide bonds. The number of halogens is 1. The van der Waals surface area contributed by atoms with Crippen LogP contribution in [-0.4, -0.2) is 19.6 Å². The fourth-order valence-electron chi connectivity index (χ4n) is 1.29. The Morgan fingerprint density at radius 1 is 1.61 bits per heavy atom. The highest BCUT2D eigenvalue weighted by Gasteiger charge is 2.03. The lowest BCUT2D eigenvalue weighted by molar-refractivity contribution is -0.136. The monoisotopic (exact) mass is 264 g/mol. The minimum Gasteiger partial charge on any atom is -0.466 e. The van der Waals surface area contributed by atoms with Gasteiger partial charge in [0.1, 0.15) is 0 Å². The van der Waals surface area contributed by atoms with Crippen LogP contribution in [0.25, 0.3) is 0 Å². The van der Waals surface area contributed by atoms with Gasteiger partial charge >= 0.3 is 5.97 Å². The van der Waals surface area contributed by atoms with Gasteiger partial charge in [-0.3, -0.25) is 0 Å². The van der Waals surface area contributed by atoms with E-state index in [9.17, 15) is 4.79 Å². The number of hydrogen-bond donors (Lipinski definition) is 1. The van der Waals surface area contributed by atoms with Crippen molar-refractivity contribution in [3.63, 3.8) is 0 Å². The summed E-state index contributed by atoms with van der Waals surface area (Å²) in [4.78, 5) is 11.1. The molecule has 4 nitrogen and oxygen atoms in total.